The summed E-state index contributed by atoms with van der Waals surface area (Å²) in [5.74, 6) is -3.61. The molecule has 1 atom stereocenters. The maximum atomic E-state index is 11.8. The van der Waals surface area contributed by atoms with E-state index < -0.39 is 27.2 Å². The van der Waals surface area contributed by atoms with E-state index in [1.807, 2.05) is 0 Å². The number of hydrogen-bond acceptors (Lipinski definition) is 5. The summed E-state index contributed by atoms with van der Waals surface area (Å²) < 4.78 is -2.03. The second-order valence-electron chi connectivity index (χ2n) is 5.00. The zero-order chi connectivity index (χ0) is 14.0. The van der Waals surface area contributed by atoms with Crippen molar-refractivity contribution in [1.82, 2.24) is 0 Å². The predicted octanol–water partition coefficient (Wildman–Crippen LogP) is 1.63. The van der Waals surface area contributed by atoms with Crippen molar-refractivity contribution < 1.29 is 19.5 Å². The van der Waals surface area contributed by atoms with Gasteiger partial charge in [-0.05, 0) is 27.7 Å². The van der Waals surface area contributed by atoms with E-state index >= 15 is 0 Å². The van der Waals surface area contributed by atoms with Crippen molar-refractivity contribution in [1.29, 1.82) is 0 Å². The highest BCUT2D eigenvalue weighted by Gasteiger charge is 2.38. The average Bonchev–Trinajstić information content (AvgIpc) is 2.08. The Kier molecular flexibility index (Phi) is 5.28. The fourth-order valence-electron chi connectivity index (χ4n) is 1.15. The van der Waals surface area contributed by atoms with Gasteiger partial charge in [0.05, 0.1) is 9.49 Å². The van der Waals surface area contributed by atoms with Crippen LogP contribution >= 0.6 is 25.3 Å². The minimum atomic E-state index is -1.36. The van der Waals surface area contributed by atoms with Gasteiger partial charge in [0, 0.05) is 6.42 Å². The first-order valence-corrected chi connectivity index (χ1v) is 6.02. The molecule has 17 heavy (non-hydrogen) atoms. The monoisotopic (exact) mass is 278 g/mol. The number of carboxylic acid groups (broad SMARTS) is 1. The topological polar surface area (TPSA) is 71.4 Å². The summed E-state index contributed by atoms with van der Waals surface area (Å²) in [6.07, 6.45) is -0.353. The highest BCUT2D eigenvalue weighted by atomic mass is 32.1. The van der Waals surface area contributed by atoms with Crippen molar-refractivity contribution in [3.8, 4) is 0 Å². The van der Waals surface area contributed by atoms with Crippen LogP contribution in [0.1, 0.15) is 34.1 Å². The Bertz CT molecular complexity index is 336. The summed E-state index contributed by atoms with van der Waals surface area (Å²) >= 11 is 8.10. The summed E-state index contributed by atoms with van der Waals surface area (Å²) in [7, 11) is 0. The van der Waals surface area contributed by atoms with Crippen LogP contribution in [0.5, 0.6) is 0 Å². The van der Waals surface area contributed by atoms with Crippen molar-refractivity contribution in [3.05, 3.63) is 0 Å². The SMILES string of the molecule is CC(C)(S)C(=O)CC(C(=O)O)C(=O)C(C)(C)S. The molecule has 0 saturated carbocycles. The Labute approximate surface area is 112 Å². The van der Waals surface area contributed by atoms with Crippen LogP contribution in [-0.2, 0) is 14.4 Å². The number of Topliss-reactive ketones (excluding diaryl/α,β-unsaturated/α-hetero) is 2. The van der Waals surface area contributed by atoms with Gasteiger partial charge < -0.3 is 5.11 Å². The lowest BCUT2D eigenvalue weighted by Gasteiger charge is -2.23. The van der Waals surface area contributed by atoms with Crippen LogP contribution in [0.3, 0.4) is 0 Å². The molecule has 1 unspecified atom stereocenters. The number of carboxylic acids is 1. The van der Waals surface area contributed by atoms with Crippen molar-refractivity contribution >= 4 is 42.8 Å². The normalized spacial score (nSPS) is 14.2. The molecule has 1 N–H and O–H groups in total. The van der Waals surface area contributed by atoms with Crippen molar-refractivity contribution in [3.63, 3.8) is 0 Å². The molecule has 0 aliphatic heterocycles. The molecular weight excluding hydrogens is 260 g/mol. The second kappa shape index (κ2) is 5.44. The van der Waals surface area contributed by atoms with Gasteiger partial charge >= 0.3 is 5.97 Å². The molecule has 0 aliphatic carbocycles. The van der Waals surface area contributed by atoms with E-state index in [-0.39, 0.29) is 12.2 Å². The molecule has 0 fully saturated rings. The minimum Gasteiger partial charge on any atom is -0.481 e. The number of ketones is 2. The molecule has 0 aromatic carbocycles. The van der Waals surface area contributed by atoms with Gasteiger partial charge in [-0.25, -0.2) is 0 Å². The number of carbonyl (C=O) groups excluding carboxylic acids is 2. The average molecular weight is 278 g/mol. The van der Waals surface area contributed by atoms with E-state index in [1.165, 1.54) is 13.8 Å². The van der Waals surface area contributed by atoms with Crippen LogP contribution in [0.25, 0.3) is 0 Å². The van der Waals surface area contributed by atoms with E-state index in [4.69, 9.17) is 5.11 Å². The lowest BCUT2D eigenvalue weighted by molar-refractivity contribution is -0.149. The quantitative estimate of drug-likeness (QED) is 0.510. The van der Waals surface area contributed by atoms with Gasteiger partial charge in [-0.15, -0.1) is 0 Å². The summed E-state index contributed by atoms with van der Waals surface area (Å²) in [5.41, 5.74) is 0. The van der Waals surface area contributed by atoms with Crippen LogP contribution in [-0.4, -0.2) is 32.1 Å². The molecule has 98 valence electrons. The van der Waals surface area contributed by atoms with E-state index in [2.05, 4.69) is 25.3 Å². The molecule has 0 spiro atoms. The standard InChI is InChI=1S/C11H18O4S2/c1-10(2,16)7(12)5-6(9(14)15)8(13)11(3,4)17/h6,16-17H,5H2,1-4H3,(H,14,15). The highest BCUT2D eigenvalue weighted by Crippen LogP contribution is 2.25. The van der Waals surface area contributed by atoms with Gasteiger partial charge in [-0.1, -0.05) is 0 Å². The van der Waals surface area contributed by atoms with Crippen LogP contribution < -0.4 is 0 Å². The fourth-order valence-corrected chi connectivity index (χ4v) is 1.40. The molecule has 0 bridgehead atoms. The third-order valence-electron chi connectivity index (χ3n) is 2.29. The third-order valence-corrected chi connectivity index (χ3v) is 2.76. The second-order valence-corrected chi connectivity index (χ2v) is 7.24. The predicted molar refractivity (Wildman–Crippen MR) is 71.9 cm³/mol. The molecule has 0 rings (SSSR count). The van der Waals surface area contributed by atoms with Crippen LogP contribution in [0.4, 0.5) is 0 Å². The van der Waals surface area contributed by atoms with Crippen molar-refractivity contribution in [2.24, 2.45) is 5.92 Å². The summed E-state index contributed by atoms with van der Waals surface area (Å²) in [4.78, 5) is 34.5. The van der Waals surface area contributed by atoms with E-state index in [9.17, 15) is 14.4 Å². The number of hydrogen-bond donors (Lipinski definition) is 3. The van der Waals surface area contributed by atoms with Gasteiger partial charge in [0.15, 0.2) is 5.78 Å². The van der Waals surface area contributed by atoms with Crippen molar-refractivity contribution in [2.75, 3.05) is 0 Å². The Morgan fingerprint density at radius 2 is 1.47 bits per heavy atom. The van der Waals surface area contributed by atoms with Gasteiger partial charge in [-0.3, -0.25) is 14.4 Å². The third kappa shape index (κ3) is 5.12. The molecule has 0 heterocycles. The number of rotatable bonds is 6. The van der Waals surface area contributed by atoms with Crippen LogP contribution in [0, 0.1) is 5.92 Å². The lowest BCUT2D eigenvalue weighted by Crippen LogP contribution is -2.40. The first kappa shape index (κ1) is 16.5. The summed E-state index contributed by atoms with van der Waals surface area (Å²) in [6.45, 7) is 6.14. The van der Waals surface area contributed by atoms with E-state index in [0.717, 1.165) is 0 Å². The van der Waals surface area contributed by atoms with Gasteiger partial charge in [0.2, 0.25) is 0 Å². The Hall–Kier alpha value is -0.490. The van der Waals surface area contributed by atoms with Crippen LogP contribution in [0.15, 0.2) is 0 Å². The van der Waals surface area contributed by atoms with E-state index in [0.29, 0.717) is 0 Å². The number of thiol groups is 2. The Balaban J connectivity index is 4.99. The number of aliphatic carboxylic acids is 1. The zero-order valence-electron chi connectivity index (χ0n) is 10.4. The zero-order valence-corrected chi connectivity index (χ0v) is 12.1. The molecule has 0 amide bonds. The summed E-state index contributed by atoms with van der Waals surface area (Å²) in [6, 6.07) is 0. The maximum Gasteiger partial charge on any atom is 0.314 e. The maximum absolute atomic E-state index is 11.8. The highest BCUT2D eigenvalue weighted by molar-refractivity contribution is 7.83. The molecule has 0 aromatic heterocycles. The molecular formula is C11H18O4S2. The number of carbonyl (C=O) groups is 3. The van der Waals surface area contributed by atoms with Crippen molar-refractivity contribution in [2.45, 2.75) is 43.6 Å². The molecule has 0 aliphatic rings. The van der Waals surface area contributed by atoms with E-state index in [1.54, 1.807) is 13.8 Å². The Morgan fingerprint density at radius 3 is 1.71 bits per heavy atom. The van der Waals surface area contributed by atoms with Gasteiger partial charge in [0.25, 0.3) is 0 Å². The lowest BCUT2D eigenvalue weighted by atomic mass is 9.87. The molecule has 4 nitrogen and oxygen atoms in total. The first-order valence-electron chi connectivity index (χ1n) is 5.12. The molecule has 0 aromatic rings. The minimum absolute atomic E-state index is 0.353. The largest absolute Gasteiger partial charge is 0.481 e. The van der Waals surface area contributed by atoms with Crippen LogP contribution in [0.2, 0.25) is 0 Å². The first-order chi connectivity index (χ1) is 7.37. The molecule has 0 saturated heterocycles. The molecule has 0 radical (unpaired) electrons. The fraction of sp³-hybridized carbons (Fsp3) is 0.727. The van der Waals surface area contributed by atoms with Gasteiger partial charge in [-0.2, -0.15) is 25.3 Å². The smallest absolute Gasteiger partial charge is 0.314 e. The van der Waals surface area contributed by atoms with Gasteiger partial charge in [0.1, 0.15) is 11.7 Å². The Morgan fingerprint density at radius 1 is 1.06 bits per heavy atom. The summed E-state index contributed by atoms with van der Waals surface area (Å²) in [5, 5.41) is 8.99. The molecule has 6 heteroatoms.